The molecule has 0 aromatic carbocycles. The zero-order valence-electron chi connectivity index (χ0n) is 13.6. The maximum Gasteiger partial charge on any atom is 0.327 e. The number of fused-ring (bicyclic) bond motifs is 1. The summed E-state index contributed by atoms with van der Waals surface area (Å²) in [5.41, 5.74) is 2.53. The van der Waals surface area contributed by atoms with Crippen LogP contribution in [0.15, 0.2) is 35.5 Å². The lowest BCUT2D eigenvalue weighted by Gasteiger charge is -2.33. The van der Waals surface area contributed by atoms with E-state index in [9.17, 15) is 4.79 Å². The Labute approximate surface area is 139 Å². The number of H-pyrrole nitrogens is 1. The average molecular weight is 324 g/mol. The first kappa shape index (κ1) is 14.9. The maximum absolute atomic E-state index is 12.3. The third-order valence-corrected chi connectivity index (χ3v) is 4.70. The molecule has 1 aliphatic heterocycles. The van der Waals surface area contributed by atoms with Gasteiger partial charge in [0.15, 0.2) is 5.65 Å². The molecule has 0 amide bonds. The Bertz CT molecular complexity index is 907. The molecule has 1 N–H and O–H groups in total. The standard InChI is InChI=1S/C17H20N6O/c1-2-12-10-15(20-11-19-12)22-8-5-13(6-9-22)23-16-14(21-17(23)24)4-3-7-18-16/h3-4,7,10-11,13H,2,5-6,8-9H2,1H3,(H,21,24). The molecular weight excluding hydrogens is 304 g/mol. The van der Waals surface area contributed by atoms with E-state index in [4.69, 9.17) is 0 Å². The summed E-state index contributed by atoms with van der Waals surface area (Å²) in [6, 6.07) is 5.96. The van der Waals surface area contributed by atoms with Crippen molar-refractivity contribution in [2.75, 3.05) is 18.0 Å². The van der Waals surface area contributed by atoms with E-state index >= 15 is 0 Å². The Morgan fingerprint density at radius 1 is 1.25 bits per heavy atom. The molecule has 4 rings (SSSR count). The maximum atomic E-state index is 12.3. The van der Waals surface area contributed by atoms with E-state index in [1.807, 2.05) is 16.7 Å². The molecule has 4 heterocycles. The van der Waals surface area contributed by atoms with Gasteiger partial charge in [0.05, 0.1) is 5.52 Å². The number of piperidine rings is 1. The molecule has 0 bridgehead atoms. The molecule has 124 valence electrons. The first-order valence-electron chi connectivity index (χ1n) is 8.37. The van der Waals surface area contributed by atoms with Gasteiger partial charge in [-0.25, -0.2) is 19.7 Å². The lowest BCUT2D eigenvalue weighted by molar-refractivity contribution is 0.393. The highest BCUT2D eigenvalue weighted by Gasteiger charge is 2.24. The summed E-state index contributed by atoms with van der Waals surface area (Å²) in [6.45, 7) is 3.84. The number of aromatic nitrogens is 5. The van der Waals surface area contributed by atoms with Crippen LogP contribution in [0, 0.1) is 0 Å². The average Bonchev–Trinajstić information content (AvgIpc) is 2.97. The summed E-state index contributed by atoms with van der Waals surface area (Å²) < 4.78 is 1.81. The molecule has 3 aromatic heterocycles. The van der Waals surface area contributed by atoms with Crippen molar-refractivity contribution in [3.8, 4) is 0 Å². The van der Waals surface area contributed by atoms with Gasteiger partial charge in [0.25, 0.3) is 0 Å². The molecule has 7 heteroatoms. The van der Waals surface area contributed by atoms with Gasteiger partial charge >= 0.3 is 5.69 Å². The predicted molar refractivity (Wildman–Crippen MR) is 92.2 cm³/mol. The number of anilines is 1. The third kappa shape index (κ3) is 2.55. The van der Waals surface area contributed by atoms with Crippen LogP contribution in [0.25, 0.3) is 11.2 Å². The van der Waals surface area contributed by atoms with Crippen LogP contribution in [0.1, 0.15) is 31.5 Å². The van der Waals surface area contributed by atoms with Gasteiger partial charge in [-0.15, -0.1) is 0 Å². The van der Waals surface area contributed by atoms with Gasteiger partial charge in [0.2, 0.25) is 0 Å². The number of rotatable bonds is 3. The van der Waals surface area contributed by atoms with Crippen molar-refractivity contribution in [1.82, 2.24) is 24.5 Å². The molecule has 1 saturated heterocycles. The largest absolute Gasteiger partial charge is 0.356 e. The first-order valence-corrected chi connectivity index (χ1v) is 8.37. The number of hydrogen-bond donors (Lipinski definition) is 1. The number of nitrogens with zero attached hydrogens (tertiary/aromatic N) is 5. The molecule has 0 atom stereocenters. The van der Waals surface area contributed by atoms with Crippen molar-refractivity contribution < 1.29 is 0 Å². The molecule has 0 radical (unpaired) electrons. The van der Waals surface area contributed by atoms with Gasteiger partial charge in [-0.1, -0.05) is 6.92 Å². The highest BCUT2D eigenvalue weighted by Crippen LogP contribution is 2.26. The van der Waals surface area contributed by atoms with E-state index in [0.717, 1.165) is 55.0 Å². The number of aryl methyl sites for hydroxylation is 1. The summed E-state index contributed by atoms with van der Waals surface area (Å²) in [6.07, 6.45) is 6.06. The lowest BCUT2D eigenvalue weighted by Crippen LogP contribution is -2.37. The van der Waals surface area contributed by atoms with Crippen LogP contribution >= 0.6 is 0 Å². The predicted octanol–water partition coefficient (Wildman–Crippen LogP) is 1.92. The van der Waals surface area contributed by atoms with Crippen LogP contribution in [-0.4, -0.2) is 37.6 Å². The van der Waals surface area contributed by atoms with Crippen molar-refractivity contribution in [3.05, 3.63) is 46.9 Å². The highest BCUT2D eigenvalue weighted by atomic mass is 16.1. The summed E-state index contributed by atoms with van der Waals surface area (Å²) in [5, 5.41) is 0. The minimum absolute atomic E-state index is 0.0718. The van der Waals surface area contributed by atoms with Crippen LogP contribution in [0.4, 0.5) is 5.82 Å². The van der Waals surface area contributed by atoms with Gasteiger partial charge in [-0.2, -0.15) is 0 Å². The SMILES string of the molecule is CCc1cc(N2CCC(n3c(=O)[nH]c4cccnc43)CC2)ncn1. The van der Waals surface area contributed by atoms with Crippen LogP contribution in [-0.2, 0) is 6.42 Å². The molecule has 24 heavy (non-hydrogen) atoms. The Kier molecular flexibility index (Phi) is 3.76. The second-order valence-electron chi connectivity index (χ2n) is 6.11. The minimum Gasteiger partial charge on any atom is -0.356 e. The van der Waals surface area contributed by atoms with Gasteiger partial charge in [0.1, 0.15) is 12.1 Å². The normalized spacial score (nSPS) is 16.0. The number of hydrogen-bond acceptors (Lipinski definition) is 5. The quantitative estimate of drug-likeness (QED) is 0.796. The van der Waals surface area contributed by atoms with E-state index in [2.05, 4.69) is 37.8 Å². The minimum atomic E-state index is -0.0718. The number of aromatic amines is 1. The second kappa shape index (κ2) is 6.07. The van der Waals surface area contributed by atoms with Gasteiger partial charge in [0, 0.05) is 37.1 Å². The van der Waals surface area contributed by atoms with E-state index in [0.29, 0.717) is 0 Å². The molecule has 3 aromatic rings. The van der Waals surface area contributed by atoms with Crippen molar-refractivity contribution in [2.24, 2.45) is 0 Å². The second-order valence-corrected chi connectivity index (χ2v) is 6.11. The molecule has 0 spiro atoms. The topological polar surface area (TPSA) is 79.7 Å². The molecule has 1 fully saturated rings. The fourth-order valence-electron chi connectivity index (χ4n) is 3.40. The fraction of sp³-hybridized carbons (Fsp3) is 0.412. The molecule has 0 aliphatic carbocycles. The van der Waals surface area contributed by atoms with Crippen molar-refractivity contribution in [2.45, 2.75) is 32.2 Å². The Morgan fingerprint density at radius 3 is 2.88 bits per heavy atom. The fourth-order valence-corrected chi connectivity index (χ4v) is 3.40. The van der Waals surface area contributed by atoms with Crippen molar-refractivity contribution in [1.29, 1.82) is 0 Å². The van der Waals surface area contributed by atoms with Crippen LogP contribution in [0.5, 0.6) is 0 Å². The van der Waals surface area contributed by atoms with E-state index in [-0.39, 0.29) is 11.7 Å². The van der Waals surface area contributed by atoms with E-state index in [1.165, 1.54) is 0 Å². The van der Waals surface area contributed by atoms with Gasteiger partial charge in [-0.05, 0) is 31.4 Å². The Morgan fingerprint density at radius 2 is 2.08 bits per heavy atom. The third-order valence-electron chi connectivity index (χ3n) is 4.70. The lowest BCUT2D eigenvalue weighted by atomic mass is 10.0. The van der Waals surface area contributed by atoms with Crippen LogP contribution in [0.2, 0.25) is 0 Å². The first-order chi connectivity index (χ1) is 11.8. The zero-order chi connectivity index (χ0) is 16.5. The van der Waals surface area contributed by atoms with E-state index in [1.54, 1.807) is 12.5 Å². The molecule has 1 aliphatic rings. The van der Waals surface area contributed by atoms with Crippen LogP contribution < -0.4 is 10.6 Å². The summed E-state index contributed by atoms with van der Waals surface area (Å²) in [5.74, 6) is 0.977. The molecule has 0 unspecified atom stereocenters. The number of pyridine rings is 1. The molecule has 7 nitrogen and oxygen atoms in total. The van der Waals surface area contributed by atoms with Gasteiger partial charge in [-0.3, -0.25) is 4.57 Å². The summed E-state index contributed by atoms with van der Waals surface area (Å²) in [7, 11) is 0. The Hall–Kier alpha value is -2.70. The summed E-state index contributed by atoms with van der Waals surface area (Å²) in [4.78, 5) is 30.5. The van der Waals surface area contributed by atoms with E-state index < -0.39 is 0 Å². The number of imidazole rings is 1. The highest BCUT2D eigenvalue weighted by molar-refractivity contribution is 5.70. The molecular formula is C17H20N6O. The zero-order valence-corrected chi connectivity index (χ0v) is 13.6. The molecule has 0 saturated carbocycles. The monoisotopic (exact) mass is 324 g/mol. The van der Waals surface area contributed by atoms with Crippen molar-refractivity contribution >= 4 is 17.0 Å². The van der Waals surface area contributed by atoms with Crippen LogP contribution in [0.3, 0.4) is 0 Å². The van der Waals surface area contributed by atoms with Crippen molar-refractivity contribution in [3.63, 3.8) is 0 Å². The smallest absolute Gasteiger partial charge is 0.327 e. The van der Waals surface area contributed by atoms with Gasteiger partial charge < -0.3 is 9.88 Å². The summed E-state index contributed by atoms with van der Waals surface area (Å²) >= 11 is 0. The Balaban J connectivity index is 1.55. The number of nitrogens with one attached hydrogen (secondary N) is 1.